The van der Waals surface area contributed by atoms with Crippen LogP contribution in [0.1, 0.15) is 0 Å². The lowest BCUT2D eigenvalue weighted by Gasteiger charge is -2.29. The number of fused-ring (bicyclic) bond motifs is 6. The van der Waals surface area contributed by atoms with Crippen LogP contribution in [0.4, 0.5) is 34.1 Å². The Labute approximate surface area is 337 Å². The second-order valence-corrected chi connectivity index (χ2v) is 14.6. The molecule has 0 saturated heterocycles. The van der Waals surface area contributed by atoms with Gasteiger partial charge in [0, 0.05) is 67.0 Å². The largest absolute Gasteiger partial charge is 0.310 e. The molecule has 0 saturated carbocycles. The molecule has 11 rings (SSSR count). The Morgan fingerprint density at radius 1 is 0.224 bits per heavy atom. The van der Waals surface area contributed by atoms with Crippen molar-refractivity contribution in [1.29, 1.82) is 0 Å². The molecule has 9 aromatic carbocycles. The summed E-state index contributed by atoms with van der Waals surface area (Å²) in [7, 11) is 0. The van der Waals surface area contributed by atoms with E-state index in [2.05, 4.69) is 249 Å². The first kappa shape index (κ1) is 33.5. The van der Waals surface area contributed by atoms with Crippen LogP contribution in [0.25, 0.3) is 55.0 Å². The first-order chi connectivity index (χ1) is 28.8. The van der Waals surface area contributed by atoms with Crippen LogP contribution in [0.5, 0.6) is 0 Å². The summed E-state index contributed by atoms with van der Waals surface area (Å²) >= 11 is 0. The fourth-order valence-corrected chi connectivity index (χ4v) is 8.73. The highest BCUT2D eigenvalue weighted by Crippen LogP contribution is 2.44. The second-order valence-electron chi connectivity index (χ2n) is 14.6. The van der Waals surface area contributed by atoms with Crippen molar-refractivity contribution in [1.82, 2.24) is 9.13 Å². The van der Waals surface area contributed by atoms with Gasteiger partial charge in [0.2, 0.25) is 0 Å². The van der Waals surface area contributed by atoms with Crippen LogP contribution in [0, 0.1) is 0 Å². The third-order valence-corrected chi connectivity index (χ3v) is 11.2. The molecule has 4 heteroatoms. The van der Waals surface area contributed by atoms with Crippen LogP contribution < -0.4 is 9.80 Å². The SMILES string of the molecule is c1ccc(N(c2ccccc2)c2cccc(N(c3ccc4c(c3)c3ccccc3n4-c3ccccc3)c3ccc4c(c3)c3ccccc3n4-c3ccccc3)c2)cc1. The summed E-state index contributed by atoms with van der Waals surface area (Å²) in [5, 5.41) is 4.85. The first-order valence-corrected chi connectivity index (χ1v) is 19.8. The van der Waals surface area contributed by atoms with Gasteiger partial charge in [-0.05, 0) is 115 Å². The fraction of sp³-hybridized carbons (Fsp3) is 0. The minimum absolute atomic E-state index is 1.06. The van der Waals surface area contributed by atoms with Gasteiger partial charge in [0.05, 0.1) is 22.1 Å². The van der Waals surface area contributed by atoms with Crippen molar-refractivity contribution in [3.8, 4) is 11.4 Å². The van der Waals surface area contributed by atoms with Crippen LogP contribution in [0.3, 0.4) is 0 Å². The smallest absolute Gasteiger partial charge is 0.0542 e. The Hall–Kier alpha value is -7.82. The van der Waals surface area contributed by atoms with Crippen molar-refractivity contribution in [3.63, 3.8) is 0 Å². The molecule has 0 spiro atoms. The zero-order chi connectivity index (χ0) is 38.4. The van der Waals surface area contributed by atoms with E-state index in [1.807, 2.05) is 0 Å². The molecule has 0 aliphatic carbocycles. The molecular weight excluding hydrogens is 705 g/mol. The van der Waals surface area contributed by atoms with E-state index in [9.17, 15) is 0 Å². The number of aromatic nitrogens is 2. The molecule has 0 N–H and O–H groups in total. The molecule has 0 unspecified atom stereocenters. The highest BCUT2D eigenvalue weighted by molar-refractivity contribution is 6.12. The fourth-order valence-electron chi connectivity index (χ4n) is 8.73. The summed E-state index contributed by atoms with van der Waals surface area (Å²) in [6.07, 6.45) is 0. The minimum atomic E-state index is 1.06. The number of benzene rings is 9. The standard InChI is InChI=1S/C54H38N4/c1-5-18-39(19-6-1)55(40-20-7-2-8-21-40)43-26-17-27-44(36-43)56(45-32-34-53-49(37-45)47-28-13-15-30-51(47)57(53)41-22-9-3-10-23-41)46-33-35-54-50(38-46)48-29-14-16-31-52(48)58(54)42-24-11-4-12-25-42/h1-38H. The quantitative estimate of drug-likeness (QED) is 0.154. The maximum absolute atomic E-state index is 2.42. The van der Waals surface area contributed by atoms with E-state index >= 15 is 0 Å². The second kappa shape index (κ2) is 14.0. The van der Waals surface area contributed by atoms with Gasteiger partial charge in [-0.2, -0.15) is 0 Å². The molecule has 58 heavy (non-hydrogen) atoms. The van der Waals surface area contributed by atoms with Crippen LogP contribution in [-0.4, -0.2) is 9.13 Å². The summed E-state index contributed by atoms with van der Waals surface area (Å²) in [5.41, 5.74) is 13.5. The minimum Gasteiger partial charge on any atom is -0.310 e. The summed E-state index contributed by atoms with van der Waals surface area (Å²) < 4.78 is 4.75. The summed E-state index contributed by atoms with van der Waals surface area (Å²) in [6.45, 7) is 0. The molecule has 2 heterocycles. The van der Waals surface area contributed by atoms with Crippen LogP contribution in [0.2, 0.25) is 0 Å². The molecule has 0 aliphatic heterocycles. The topological polar surface area (TPSA) is 16.3 Å². The summed E-state index contributed by atoms with van der Waals surface area (Å²) in [5.74, 6) is 0. The molecule has 4 nitrogen and oxygen atoms in total. The lowest BCUT2D eigenvalue weighted by Crippen LogP contribution is -2.13. The average Bonchev–Trinajstić information content (AvgIpc) is 3.80. The van der Waals surface area contributed by atoms with Crippen LogP contribution in [0.15, 0.2) is 231 Å². The predicted octanol–water partition coefficient (Wildman–Crippen LogP) is 14.8. The van der Waals surface area contributed by atoms with E-state index in [1.54, 1.807) is 0 Å². The molecule has 0 fully saturated rings. The normalized spacial score (nSPS) is 11.4. The molecule has 0 atom stereocenters. The van der Waals surface area contributed by atoms with E-state index in [4.69, 9.17) is 0 Å². The van der Waals surface area contributed by atoms with E-state index < -0.39 is 0 Å². The number of nitrogens with zero attached hydrogens (tertiary/aromatic N) is 4. The first-order valence-electron chi connectivity index (χ1n) is 19.8. The molecule has 274 valence electrons. The van der Waals surface area contributed by atoms with Crippen molar-refractivity contribution < 1.29 is 0 Å². The van der Waals surface area contributed by atoms with Gasteiger partial charge < -0.3 is 18.9 Å². The predicted molar refractivity (Wildman–Crippen MR) is 244 cm³/mol. The Balaban J connectivity index is 1.16. The summed E-state index contributed by atoms with van der Waals surface area (Å²) in [6, 6.07) is 82.8. The van der Waals surface area contributed by atoms with Gasteiger partial charge in [-0.1, -0.05) is 115 Å². The zero-order valence-electron chi connectivity index (χ0n) is 31.7. The maximum atomic E-state index is 2.42. The van der Waals surface area contributed by atoms with Crippen molar-refractivity contribution in [2.75, 3.05) is 9.80 Å². The molecule has 0 amide bonds. The third kappa shape index (κ3) is 5.62. The van der Waals surface area contributed by atoms with Crippen molar-refractivity contribution >= 4 is 77.7 Å². The number of anilines is 6. The van der Waals surface area contributed by atoms with Gasteiger partial charge in [0.1, 0.15) is 0 Å². The van der Waals surface area contributed by atoms with Crippen LogP contribution in [-0.2, 0) is 0 Å². The zero-order valence-corrected chi connectivity index (χ0v) is 31.7. The number of hydrogen-bond donors (Lipinski definition) is 0. The van der Waals surface area contributed by atoms with Gasteiger partial charge >= 0.3 is 0 Å². The van der Waals surface area contributed by atoms with Crippen molar-refractivity contribution in [2.45, 2.75) is 0 Å². The molecule has 0 bridgehead atoms. The Morgan fingerprint density at radius 3 is 1.00 bits per heavy atom. The lowest BCUT2D eigenvalue weighted by molar-refractivity contribution is 1.18. The van der Waals surface area contributed by atoms with Crippen molar-refractivity contribution in [2.24, 2.45) is 0 Å². The Morgan fingerprint density at radius 2 is 0.552 bits per heavy atom. The number of rotatable bonds is 8. The maximum Gasteiger partial charge on any atom is 0.0542 e. The van der Waals surface area contributed by atoms with Gasteiger partial charge in [-0.15, -0.1) is 0 Å². The average molecular weight is 743 g/mol. The Kier molecular flexibility index (Phi) is 8.11. The van der Waals surface area contributed by atoms with Crippen molar-refractivity contribution in [3.05, 3.63) is 231 Å². The monoisotopic (exact) mass is 742 g/mol. The van der Waals surface area contributed by atoms with Gasteiger partial charge in [-0.25, -0.2) is 0 Å². The molecule has 0 radical (unpaired) electrons. The van der Waals surface area contributed by atoms with Gasteiger partial charge in [0.15, 0.2) is 0 Å². The van der Waals surface area contributed by atoms with Crippen LogP contribution >= 0.6 is 0 Å². The number of para-hydroxylation sites is 6. The highest BCUT2D eigenvalue weighted by Gasteiger charge is 2.21. The lowest BCUT2D eigenvalue weighted by atomic mass is 10.1. The van der Waals surface area contributed by atoms with E-state index in [0.717, 1.165) is 45.5 Å². The molecule has 0 aliphatic rings. The van der Waals surface area contributed by atoms with E-state index in [0.29, 0.717) is 0 Å². The van der Waals surface area contributed by atoms with E-state index in [-0.39, 0.29) is 0 Å². The van der Waals surface area contributed by atoms with E-state index in [1.165, 1.54) is 43.6 Å². The van der Waals surface area contributed by atoms with Gasteiger partial charge in [-0.3, -0.25) is 0 Å². The molecule has 2 aromatic heterocycles. The Bertz CT molecular complexity index is 3030. The molecule has 11 aromatic rings. The number of hydrogen-bond acceptors (Lipinski definition) is 2. The van der Waals surface area contributed by atoms with Gasteiger partial charge in [0.25, 0.3) is 0 Å². The molecular formula is C54H38N4. The third-order valence-electron chi connectivity index (χ3n) is 11.2. The summed E-state index contributed by atoms with van der Waals surface area (Å²) in [4.78, 5) is 4.74. The highest BCUT2D eigenvalue weighted by atomic mass is 15.2.